The summed E-state index contributed by atoms with van der Waals surface area (Å²) in [6.07, 6.45) is 6.90. The van der Waals surface area contributed by atoms with Gasteiger partial charge in [-0.15, -0.1) is 0 Å². The second kappa shape index (κ2) is 10.3. The van der Waals surface area contributed by atoms with Crippen LogP contribution in [-0.2, 0) is 0 Å². The zero-order chi connectivity index (χ0) is 24.9. The number of rotatable bonds is 6. The smallest absolute Gasteiger partial charge is 0.279 e. The normalized spacial score (nSPS) is 16.6. The average molecular weight is 477 g/mol. The van der Waals surface area contributed by atoms with Crippen LogP contribution in [0.5, 0.6) is 0 Å². The van der Waals surface area contributed by atoms with E-state index < -0.39 is 0 Å². The highest BCUT2D eigenvalue weighted by Crippen LogP contribution is 2.27. The molecule has 1 amide bonds. The largest absolute Gasteiger partial charge is 0.400 e. The molecular weight excluding hydrogens is 448 g/mol. The molecule has 11 heteroatoms. The number of aliphatic hydroxyl groups is 1. The minimum Gasteiger partial charge on any atom is -0.400 e. The van der Waals surface area contributed by atoms with Crippen molar-refractivity contribution in [2.45, 2.75) is 25.8 Å². The minimum absolute atomic E-state index is 0.173. The fourth-order valence-corrected chi connectivity index (χ4v) is 3.90. The van der Waals surface area contributed by atoms with Crippen LogP contribution in [0.1, 0.15) is 30.1 Å². The number of fused-ring (bicyclic) bond motifs is 1. The van der Waals surface area contributed by atoms with Crippen LogP contribution >= 0.6 is 0 Å². The van der Waals surface area contributed by atoms with Crippen LogP contribution in [0.15, 0.2) is 59.8 Å². The number of aliphatic hydroxyl groups excluding tert-OH is 1. The molecular formula is C24H28N8O3. The van der Waals surface area contributed by atoms with E-state index in [1.165, 1.54) is 10.8 Å². The van der Waals surface area contributed by atoms with Crippen molar-refractivity contribution in [1.82, 2.24) is 29.5 Å². The molecule has 1 aliphatic rings. The summed E-state index contributed by atoms with van der Waals surface area (Å²) in [6.45, 7) is 2.13. The maximum atomic E-state index is 13.0. The van der Waals surface area contributed by atoms with E-state index in [0.717, 1.165) is 20.0 Å². The van der Waals surface area contributed by atoms with E-state index in [2.05, 4.69) is 37.9 Å². The van der Waals surface area contributed by atoms with E-state index in [4.69, 9.17) is 5.11 Å². The topological polar surface area (TPSA) is 138 Å². The SMILES string of the molecule is CNc1cc(Nc2cccn(-c3ccccn3)c2=O)nc2c(C(=O)NC3CCC3C)cnn12.CO. The second-order valence-electron chi connectivity index (χ2n) is 8.11. The number of nitrogens with one attached hydrogen (secondary N) is 3. The highest BCUT2D eigenvalue weighted by molar-refractivity contribution is 6.00. The molecule has 4 aromatic rings. The fourth-order valence-electron chi connectivity index (χ4n) is 3.90. The molecule has 2 unspecified atom stereocenters. The first-order chi connectivity index (χ1) is 17.0. The molecule has 0 aliphatic heterocycles. The van der Waals surface area contributed by atoms with Crippen LogP contribution in [0.2, 0.25) is 0 Å². The van der Waals surface area contributed by atoms with Gasteiger partial charge in [-0.3, -0.25) is 14.2 Å². The molecule has 1 fully saturated rings. The third-order valence-electron chi connectivity index (χ3n) is 6.02. The molecule has 0 saturated heterocycles. The van der Waals surface area contributed by atoms with Gasteiger partial charge in [0, 0.05) is 38.7 Å². The first kappa shape index (κ1) is 23.9. The predicted molar refractivity (Wildman–Crippen MR) is 133 cm³/mol. The summed E-state index contributed by atoms with van der Waals surface area (Å²) in [5.41, 5.74) is 0.841. The lowest BCUT2D eigenvalue weighted by Gasteiger charge is -2.34. The minimum atomic E-state index is -0.269. The van der Waals surface area contributed by atoms with Gasteiger partial charge in [-0.25, -0.2) is 9.97 Å². The lowest BCUT2D eigenvalue weighted by Crippen LogP contribution is -2.45. The first-order valence-corrected chi connectivity index (χ1v) is 11.3. The number of hydrogen-bond acceptors (Lipinski definition) is 8. The summed E-state index contributed by atoms with van der Waals surface area (Å²) >= 11 is 0. The Morgan fingerprint density at radius 1 is 1.17 bits per heavy atom. The van der Waals surface area contributed by atoms with Crippen molar-refractivity contribution in [3.63, 3.8) is 0 Å². The molecule has 35 heavy (non-hydrogen) atoms. The maximum absolute atomic E-state index is 13.0. The van der Waals surface area contributed by atoms with E-state index in [-0.39, 0.29) is 17.5 Å². The molecule has 2 atom stereocenters. The third-order valence-corrected chi connectivity index (χ3v) is 6.02. The number of hydrogen-bond donors (Lipinski definition) is 4. The molecule has 5 rings (SSSR count). The fraction of sp³-hybridized carbons (Fsp3) is 0.292. The standard InChI is InChI=1S/C23H24N8O2.CH4O/c1-14-8-9-16(14)28-22(32)15-13-26-31-20(24-2)12-18(29-21(15)31)27-17-6-5-11-30(23(17)33)19-7-3-4-10-25-19;1-2/h3-7,10-14,16,24H,8-9H2,1-2H3,(H,27,29)(H,28,32);2H,1H3. The van der Waals surface area contributed by atoms with Gasteiger partial charge in [-0.1, -0.05) is 13.0 Å². The highest BCUT2D eigenvalue weighted by Gasteiger charge is 2.29. The van der Waals surface area contributed by atoms with Gasteiger partial charge in [0.1, 0.15) is 28.7 Å². The summed E-state index contributed by atoms with van der Waals surface area (Å²) < 4.78 is 3.03. The van der Waals surface area contributed by atoms with Crippen LogP contribution in [0.25, 0.3) is 11.5 Å². The Hall–Kier alpha value is -4.25. The highest BCUT2D eigenvalue weighted by atomic mass is 16.2. The Kier molecular flexibility index (Phi) is 7.06. The van der Waals surface area contributed by atoms with Crippen molar-refractivity contribution < 1.29 is 9.90 Å². The zero-order valence-electron chi connectivity index (χ0n) is 19.8. The van der Waals surface area contributed by atoms with Crippen LogP contribution in [0, 0.1) is 5.92 Å². The van der Waals surface area contributed by atoms with Gasteiger partial charge < -0.3 is 21.1 Å². The van der Waals surface area contributed by atoms with Gasteiger partial charge in [0.25, 0.3) is 11.5 Å². The lowest BCUT2D eigenvalue weighted by atomic mass is 9.81. The van der Waals surface area contributed by atoms with Gasteiger partial charge >= 0.3 is 0 Å². The van der Waals surface area contributed by atoms with E-state index in [0.29, 0.717) is 40.3 Å². The molecule has 4 aromatic heterocycles. The molecule has 182 valence electrons. The van der Waals surface area contributed by atoms with Crippen molar-refractivity contribution in [1.29, 1.82) is 0 Å². The Bertz CT molecular complexity index is 1380. The number of anilines is 3. The van der Waals surface area contributed by atoms with E-state index in [1.807, 2.05) is 6.07 Å². The third kappa shape index (κ3) is 4.71. The number of pyridine rings is 2. The van der Waals surface area contributed by atoms with E-state index in [9.17, 15) is 9.59 Å². The molecule has 11 nitrogen and oxygen atoms in total. The van der Waals surface area contributed by atoms with Crippen molar-refractivity contribution >= 4 is 28.9 Å². The number of carbonyl (C=O) groups is 1. The molecule has 0 aromatic carbocycles. The van der Waals surface area contributed by atoms with Crippen molar-refractivity contribution in [2.75, 3.05) is 24.8 Å². The van der Waals surface area contributed by atoms with Crippen LogP contribution in [0.4, 0.5) is 17.3 Å². The molecule has 0 spiro atoms. The number of amides is 1. The van der Waals surface area contributed by atoms with Crippen LogP contribution in [0.3, 0.4) is 0 Å². The number of nitrogens with zero attached hydrogens (tertiary/aromatic N) is 5. The lowest BCUT2D eigenvalue weighted by molar-refractivity contribution is 0.0886. The molecule has 1 saturated carbocycles. The van der Waals surface area contributed by atoms with Crippen LogP contribution < -0.4 is 21.5 Å². The molecule has 0 radical (unpaired) electrons. The van der Waals surface area contributed by atoms with Gasteiger partial charge in [0.2, 0.25) is 0 Å². The van der Waals surface area contributed by atoms with Gasteiger partial charge in [0.05, 0.1) is 6.20 Å². The summed E-state index contributed by atoms with van der Waals surface area (Å²) in [5, 5.41) is 20.6. The van der Waals surface area contributed by atoms with E-state index in [1.54, 1.807) is 54.3 Å². The quantitative estimate of drug-likeness (QED) is 0.332. The predicted octanol–water partition coefficient (Wildman–Crippen LogP) is 2.20. The maximum Gasteiger partial charge on any atom is 0.279 e. The number of carbonyl (C=O) groups excluding carboxylic acids is 1. The Morgan fingerprint density at radius 3 is 2.66 bits per heavy atom. The summed E-state index contributed by atoms with van der Waals surface area (Å²) in [6, 6.07) is 10.7. The van der Waals surface area contributed by atoms with Gasteiger partial charge in [0.15, 0.2) is 5.65 Å². The van der Waals surface area contributed by atoms with Gasteiger partial charge in [-0.2, -0.15) is 9.61 Å². The molecule has 1 aliphatic carbocycles. The van der Waals surface area contributed by atoms with Crippen molar-refractivity contribution in [3.8, 4) is 5.82 Å². The molecule has 4 heterocycles. The summed E-state index contributed by atoms with van der Waals surface area (Å²) in [7, 11) is 2.76. The van der Waals surface area contributed by atoms with Crippen molar-refractivity contribution in [2.24, 2.45) is 5.92 Å². The van der Waals surface area contributed by atoms with Crippen molar-refractivity contribution in [3.05, 3.63) is 70.9 Å². The van der Waals surface area contributed by atoms with Gasteiger partial charge in [-0.05, 0) is 43.0 Å². The Labute approximate surface area is 201 Å². The Balaban J connectivity index is 0.00000141. The second-order valence-corrected chi connectivity index (χ2v) is 8.11. The Morgan fingerprint density at radius 2 is 2.00 bits per heavy atom. The molecule has 4 N–H and O–H groups in total. The number of aromatic nitrogens is 5. The summed E-state index contributed by atoms with van der Waals surface area (Å²) in [4.78, 5) is 34.8. The van der Waals surface area contributed by atoms with Crippen LogP contribution in [-0.4, -0.2) is 55.4 Å². The first-order valence-electron chi connectivity index (χ1n) is 11.3. The zero-order valence-corrected chi connectivity index (χ0v) is 19.8. The molecule has 0 bridgehead atoms. The average Bonchev–Trinajstić information content (AvgIpc) is 3.33. The van der Waals surface area contributed by atoms with E-state index >= 15 is 0 Å². The monoisotopic (exact) mass is 476 g/mol. The summed E-state index contributed by atoms with van der Waals surface area (Å²) in [5.74, 6) is 1.82.